The lowest BCUT2D eigenvalue weighted by atomic mass is 10.1. The van der Waals surface area contributed by atoms with Crippen LogP contribution in [0.5, 0.6) is 0 Å². The van der Waals surface area contributed by atoms with Crippen molar-refractivity contribution in [1.29, 1.82) is 0 Å². The maximum Gasteiger partial charge on any atom is 0.231 e. The van der Waals surface area contributed by atoms with Gasteiger partial charge in [-0.3, -0.25) is 4.79 Å². The molecule has 25 heavy (non-hydrogen) atoms. The molecule has 126 valence electrons. The first kappa shape index (κ1) is 16.0. The van der Waals surface area contributed by atoms with Crippen LogP contribution in [0.4, 0.5) is 5.69 Å². The van der Waals surface area contributed by atoms with Gasteiger partial charge < -0.3 is 9.32 Å². The summed E-state index contributed by atoms with van der Waals surface area (Å²) in [4.78, 5) is 15.0. The van der Waals surface area contributed by atoms with Crippen molar-refractivity contribution in [3.63, 3.8) is 0 Å². The Morgan fingerprint density at radius 2 is 1.80 bits per heavy atom. The van der Waals surface area contributed by atoms with Crippen molar-refractivity contribution in [3.05, 3.63) is 89.3 Å². The summed E-state index contributed by atoms with van der Waals surface area (Å²) in [7, 11) is 0. The fraction of sp³-hybridized carbons (Fsp3) is 0.190. The second-order valence-electron chi connectivity index (χ2n) is 6.31. The third kappa shape index (κ3) is 3.33. The van der Waals surface area contributed by atoms with Crippen LogP contribution in [-0.4, -0.2) is 5.91 Å². The monoisotopic (exact) mass is 351 g/mol. The predicted molar refractivity (Wildman–Crippen MR) is 98.6 cm³/mol. The number of halogens is 1. The summed E-state index contributed by atoms with van der Waals surface area (Å²) >= 11 is 6.30. The minimum absolute atomic E-state index is 0.0323. The van der Waals surface area contributed by atoms with Gasteiger partial charge in [0.2, 0.25) is 5.91 Å². The van der Waals surface area contributed by atoms with Crippen LogP contribution in [-0.2, 0) is 11.3 Å². The molecule has 3 nitrogen and oxygen atoms in total. The molecule has 0 bridgehead atoms. The Kier molecular flexibility index (Phi) is 4.33. The Labute approximate surface area is 151 Å². The molecule has 0 saturated heterocycles. The molecule has 1 saturated carbocycles. The first-order chi connectivity index (χ1) is 12.2. The van der Waals surface area contributed by atoms with E-state index < -0.39 is 0 Å². The number of amides is 1. The van der Waals surface area contributed by atoms with Gasteiger partial charge in [-0.2, -0.15) is 0 Å². The van der Waals surface area contributed by atoms with Gasteiger partial charge in [0.05, 0.1) is 12.8 Å². The lowest BCUT2D eigenvalue weighted by molar-refractivity contribution is -0.120. The quantitative estimate of drug-likeness (QED) is 0.627. The van der Waals surface area contributed by atoms with E-state index >= 15 is 0 Å². The van der Waals surface area contributed by atoms with Gasteiger partial charge in [0.1, 0.15) is 5.76 Å². The van der Waals surface area contributed by atoms with Crippen molar-refractivity contribution in [3.8, 4) is 0 Å². The third-order valence-corrected chi connectivity index (χ3v) is 4.98. The van der Waals surface area contributed by atoms with Crippen LogP contribution in [0.3, 0.4) is 0 Å². The van der Waals surface area contributed by atoms with Crippen LogP contribution in [0.2, 0.25) is 5.02 Å². The molecular formula is C21H18ClNO2. The van der Waals surface area contributed by atoms with Crippen LogP contribution in [0, 0.1) is 5.92 Å². The first-order valence-corrected chi connectivity index (χ1v) is 8.75. The van der Waals surface area contributed by atoms with Crippen LogP contribution >= 0.6 is 11.6 Å². The van der Waals surface area contributed by atoms with E-state index in [1.807, 2.05) is 66.7 Å². The Balaban J connectivity index is 1.58. The van der Waals surface area contributed by atoms with E-state index in [-0.39, 0.29) is 17.7 Å². The van der Waals surface area contributed by atoms with Crippen molar-refractivity contribution in [2.24, 2.45) is 5.92 Å². The number of furan rings is 1. The van der Waals surface area contributed by atoms with E-state index in [0.29, 0.717) is 6.54 Å². The number of hydrogen-bond donors (Lipinski definition) is 0. The maximum absolute atomic E-state index is 13.2. The summed E-state index contributed by atoms with van der Waals surface area (Å²) in [6, 6.07) is 21.2. The molecule has 1 heterocycles. The van der Waals surface area contributed by atoms with Crippen LogP contribution in [0.15, 0.2) is 77.4 Å². The van der Waals surface area contributed by atoms with Gasteiger partial charge in [-0.25, -0.2) is 0 Å². The fourth-order valence-corrected chi connectivity index (χ4v) is 3.53. The Hall–Kier alpha value is -2.52. The van der Waals surface area contributed by atoms with Crippen molar-refractivity contribution < 1.29 is 9.21 Å². The van der Waals surface area contributed by atoms with Crippen LogP contribution in [0.25, 0.3) is 0 Å². The standard InChI is InChI=1S/C21H18ClNO2/c22-20-11-5-4-10-17(20)18-13-19(18)21(24)23(14-16-9-6-12-25-16)15-7-2-1-3-8-15/h1-12,18-19H,13-14H2. The van der Waals surface area contributed by atoms with E-state index in [4.69, 9.17) is 16.0 Å². The van der Waals surface area contributed by atoms with Gasteiger partial charge in [0.15, 0.2) is 0 Å². The van der Waals surface area contributed by atoms with Crippen LogP contribution < -0.4 is 4.90 Å². The molecule has 1 aromatic heterocycles. The number of carbonyl (C=O) groups excluding carboxylic acids is 1. The topological polar surface area (TPSA) is 33.5 Å². The minimum Gasteiger partial charge on any atom is -0.467 e. The number of para-hydroxylation sites is 1. The molecule has 1 fully saturated rings. The first-order valence-electron chi connectivity index (χ1n) is 8.37. The van der Waals surface area contributed by atoms with E-state index in [0.717, 1.165) is 28.5 Å². The van der Waals surface area contributed by atoms with Crippen LogP contribution in [0.1, 0.15) is 23.7 Å². The van der Waals surface area contributed by atoms with Gasteiger partial charge in [0, 0.05) is 16.6 Å². The van der Waals surface area contributed by atoms with E-state index in [1.54, 1.807) is 11.2 Å². The number of benzene rings is 2. The second kappa shape index (κ2) is 6.77. The number of nitrogens with zero attached hydrogens (tertiary/aromatic N) is 1. The van der Waals surface area contributed by atoms with Gasteiger partial charge in [-0.15, -0.1) is 0 Å². The molecule has 0 spiro atoms. The summed E-state index contributed by atoms with van der Waals surface area (Å²) in [6.45, 7) is 0.432. The Morgan fingerprint density at radius 1 is 1.04 bits per heavy atom. The SMILES string of the molecule is O=C(C1CC1c1ccccc1Cl)N(Cc1ccco1)c1ccccc1. The highest BCUT2D eigenvalue weighted by molar-refractivity contribution is 6.31. The van der Waals surface area contributed by atoms with Crippen molar-refractivity contribution in [1.82, 2.24) is 0 Å². The lowest BCUT2D eigenvalue weighted by Gasteiger charge is -2.22. The summed E-state index contributed by atoms with van der Waals surface area (Å²) in [5, 5.41) is 0.736. The molecule has 0 radical (unpaired) electrons. The molecule has 4 rings (SSSR count). The van der Waals surface area contributed by atoms with E-state index in [9.17, 15) is 4.79 Å². The zero-order valence-corrected chi connectivity index (χ0v) is 14.4. The summed E-state index contributed by atoms with van der Waals surface area (Å²) < 4.78 is 5.45. The minimum atomic E-state index is -0.0323. The molecule has 4 heteroatoms. The smallest absolute Gasteiger partial charge is 0.231 e. The van der Waals surface area contributed by atoms with E-state index in [1.165, 1.54) is 0 Å². The highest BCUT2D eigenvalue weighted by Gasteiger charge is 2.46. The number of rotatable bonds is 5. The molecule has 1 aliphatic carbocycles. The molecule has 2 aromatic carbocycles. The molecule has 1 amide bonds. The Morgan fingerprint density at radius 3 is 2.52 bits per heavy atom. The van der Waals surface area contributed by atoms with Gasteiger partial charge in [-0.05, 0) is 48.2 Å². The van der Waals surface area contributed by atoms with Gasteiger partial charge >= 0.3 is 0 Å². The normalized spacial score (nSPS) is 18.8. The molecule has 3 aromatic rings. The lowest BCUT2D eigenvalue weighted by Crippen LogP contribution is -2.32. The molecule has 2 atom stereocenters. The van der Waals surface area contributed by atoms with Gasteiger partial charge in [0.25, 0.3) is 0 Å². The molecule has 1 aliphatic rings. The zero-order chi connectivity index (χ0) is 17.2. The number of hydrogen-bond acceptors (Lipinski definition) is 2. The summed E-state index contributed by atoms with van der Waals surface area (Å²) in [5.41, 5.74) is 1.95. The van der Waals surface area contributed by atoms with Crippen molar-refractivity contribution in [2.75, 3.05) is 4.90 Å². The summed E-state index contributed by atoms with van der Waals surface area (Å²) in [5.74, 6) is 1.05. The summed E-state index contributed by atoms with van der Waals surface area (Å²) in [6.07, 6.45) is 2.47. The largest absolute Gasteiger partial charge is 0.467 e. The molecule has 2 unspecified atom stereocenters. The Bertz CT molecular complexity index is 861. The fourth-order valence-electron chi connectivity index (χ4n) is 3.25. The van der Waals surface area contributed by atoms with Crippen molar-refractivity contribution >= 4 is 23.2 Å². The second-order valence-corrected chi connectivity index (χ2v) is 6.72. The molecular weight excluding hydrogens is 334 g/mol. The zero-order valence-electron chi connectivity index (χ0n) is 13.6. The van der Waals surface area contributed by atoms with Gasteiger partial charge in [-0.1, -0.05) is 48.0 Å². The third-order valence-electron chi connectivity index (χ3n) is 4.64. The maximum atomic E-state index is 13.2. The number of carbonyl (C=O) groups is 1. The average molecular weight is 352 g/mol. The molecule has 0 N–H and O–H groups in total. The average Bonchev–Trinajstić information content (AvgIpc) is 3.27. The predicted octanol–water partition coefficient (Wildman–Crippen LogP) is 5.27. The van der Waals surface area contributed by atoms with E-state index in [2.05, 4.69) is 0 Å². The highest BCUT2D eigenvalue weighted by Crippen LogP contribution is 2.50. The molecule has 0 aliphatic heterocycles. The van der Waals surface area contributed by atoms with Crippen molar-refractivity contribution in [2.45, 2.75) is 18.9 Å². The number of anilines is 1. The highest BCUT2D eigenvalue weighted by atomic mass is 35.5.